The minimum absolute atomic E-state index is 0.0744. The molecule has 0 unspecified atom stereocenters. The summed E-state index contributed by atoms with van der Waals surface area (Å²) in [6.07, 6.45) is -5.99. The quantitative estimate of drug-likeness (QED) is 0.477. The largest absolute Gasteiger partial charge is 0.505 e. The van der Waals surface area contributed by atoms with Gasteiger partial charge in [-0.05, 0) is 40.3 Å². The SMILES string of the molecule is CC1(C)C[C@@](O)(C(F)(F)F)[C@@H](NC(=O)c2cccc3ccccc23)c2ccc(F)c(O)c21. The molecule has 1 aliphatic rings. The van der Waals surface area contributed by atoms with Crippen molar-refractivity contribution in [1.82, 2.24) is 5.32 Å². The minimum Gasteiger partial charge on any atom is -0.505 e. The van der Waals surface area contributed by atoms with E-state index >= 15 is 0 Å². The van der Waals surface area contributed by atoms with Crippen LogP contribution >= 0.6 is 0 Å². The fourth-order valence-corrected chi connectivity index (χ4v) is 4.75. The normalized spacial score (nSPS) is 22.4. The molecule has 0 fully saturated rings. The van der Waals surface area contributed by atoms with Crippen LogP contribution in [0.2, 0.25) is 0 Å². The average molecular weight is 447 g/mol. The van der Waals surface area contributed by atoms with Crippen molar-refractivity contribution in [3.8, 4) is 5.75 Å². The summed E-state index contributed by atoms with van der Waals surface area (Å²) in [5, 5.41) is 24.8. The van der Waals surface area contributed by atoms with E-state index in [1.807, 2.05) is 0 Å². The molecule has 4 rings (SSSR count). The van der Waals surface area contributed by atoms with Gasteiger partial charge in [-0.3, -0.25) is 4.79 Å². The van der Waals surface area contributed by atoms with Crippen molar-refractivity contribution in [2.24, 2.45) is 0 Å². The van der Waals surface area contributed by atoms with Crippen LogP contribution in [0, 0.1) is 5.82 Å². The molecular weight excluding hydrogens is 426 g/mol. The fraction of sp³-hybridized carbons (Fsp3) is 0.292. The number of rotatable bonds is 2. The minimum atomic E-state index is -5.11. The molecule has 0 spiro atoms. The summed E-state index contributed by atoms with van der Waals surface area (Å²) in [6, 6.07) is 11.7. The third-order valence-electron chi connectivity index (χ3n) is 6.14. The van der Waals surface area contributed by atoms with Gasteiger partial charge in [0.25, 0.3) is 5.91 Å². The number of fused-ring (bicyclic) bond motifs is 2. The molecule has 2 atom stereocenters. The summed E-state index contributed by atoms with van der Waals surface area (Å²) in [4.78, 5) is 13.1. The van der Waals surface area contributed by atoms with Gasteiger partial charge in [0.15, 0.2) is 17.2 Å². The highest BCUT2D eigenvalue weighted by Gasteiger charge is 2.64. The first-order chi connectivity index (χ1) is 14.9. The van der Waals surface area contributed by atoms with Crippen LogP contribution in [0.1, 0.15) is 47.8 Å². The monoisotopic (exact) mass is 447 g/mol. The average Bonchev–Trinajstić information content (AvgIpc) is 2.71. The van der Waals surface area contributed by atoms with Crippen molar-refractivity contribution in [2.45, 2.75) is 43.5 Å². The number of amides is 1. The second-order valence-electron chi connectivity index (χ2n) is 8.78. The van der Waals surface area contributed by atoms with Crippen molar-refractivity contribution < 1.29 is 32.6 Å². The zero-order chi connectivity index (χ0) is 23.5. The maximum atomic E-state index is 14.2. The summed E-state index contributed by atoms with van der Waals surface area (Å²) in [7, 11) is 0. The Balaban J connectivity index is 1.88. The van der Waals surface area contributed by atoms with Crippen LogP contribution in [-0.4, -0.2) is 27.9 Å². The fourth-order valence-electron chi connectivity index (χ4n) is 4.75. The van der Waals surface area contributed by atoms with Crippen LogP contribution < -0.4 is 5.32 Å². The molecule has 3 aromatic rings. The molecular formula is C24H21F4NO3. The summed E-state index contributed by atoms with van der Waals surface area (Å²) in [5.74, 6) is -2.61. The van der Waals surface area contributed by atoms with Crippen molar-refractivity contribution in [3.05, 3.63) is 77.1 Å². The Morgan fingerprint density at radius 1 is 1.06 bits per heavy atom. The Morgan fingerprint density at radius 3 is 2.41 bits per heavy atom. The smallest absolute Gasteiger partial charge is 0.419 e. The van der Waals surface area contributed by atoms with Crippen LogP contribution in [0.15, 0.2) is 54.6 Å². The molecule has 8 heteroatoms. The number of alkyl halides is 3. The number of halogens is 4. The molecule has 0 aromatic heterocycles. The Labute approximate surface area is 181 Å². The number of benzene rings is 3. The molecule has 3 aromatic carbocycles. The molecule has 1 aliphatic carbocycles. The highest BCUT2D eigenvalue weighted by atomic mass is 19.4. The van der Waals surface area contributed by atoms with Gasteiger partial charge in [-0.2, -0.15) is 13.2 Å². The van der Waals surface area contributed by atoms with E-state index < -0.39 is 47.1 Å². The van der Waals surface area contributed by atoms with Gasteiger partial charge in [0.2, 0.25) is 0 Å². The van der Waals surface area contributed by atoms with E-state index in [1.165, 1.54) is 19.9 Å². The molecule has 0 saturated heterocycles. The topological polar surface area (TPSA) is 69.6 Å². The number of carbonyl (C=O) groups is 1. The van der Waals surface area contributed by atoms with Crippen LogP contribution in [-0.2, 0) is 5.41 Å². The molecule has 0 saturated carbocycles. The molecule has 0 aliphatic heterocycles. The summed E-state index contributed by atoms with van der Waals surface area (Å²) >= 11 is 0. The molecule has 3 N–H and O–H groups in total. The highest BCUT2D eigenvalue weighted by Crippen LogP contribution is 2.55. The first-order valence-electron chi connectivity index (χ1n) is 9.96. The van der Waals surface area contributed by atoms with Crippen molar-refractivity contribution in [2.75, 3.05) is 0 Å². The van der Waals surface area contributed by atoms with E-state index in [1.54, 1.807) is 36.4 Å². The van der Waals surface area contributed by atoms with Crippen molar-refractivity contribution >= 4 is 16.7 Å². The summed E-state index contributed by atoms with van der Waals surface area (Å²) in [5.41, 5.74) is -4.89. The maximum absolute atomic E-state index is 14.2. The maximum Gasteiger partial charge on any atom is 0.419 e. The van der Waals surface area contributed by atoms with E-state index in [9.17, 15) is 32.6 Å². The van der Waals surface area contributed by atoms with Gasteiger partial charge in [-0.15, -0.1) is 0 Å². The van der Waals surface area contributed by atoms with E-state index in [-0.39, 0.29) is 16.7 Å². The van der Waals surface area contributed by atoms with Gasteiger partial charge in [-0.25, -0.2) is 4.39 Å². The number of hydrogen-bond acceptors (Lipinski definition) is 3. The van der Waals surface area contributed by atoms with Crippen LogP contribution in [0.3, 0.4) is 0 Å². The lowest BCUT2D eigenvalue weighted by molar-refractivity contribution is -0.280. The van der Waals surface area contributed by atoms with E-state index in [2.05, 4.69) is 5.32 Å². The Kier molecular flexibility index (Phi) is 4.97. The predicted octanol–water partition coefficient (Wildman–Crippen LogP) is 5.13. The van der Waals surface area contributed by atoms with Gasteiger partial charge in [0, 0.05) is 11.1 Å². The highest BCUT2D eigenvalue weighted by molar-refractivity contribution is 6.07. The lowest BCUT2D eigenvalue weighted by Crippen LogP contribution is -2.60. The molecule has 32 heavy (non-hydrogen) atoms. The number of aliphatic hydroxyl groups is 1. The van der Waals surface area contributed by atoms with E-state index in [0.717, 1.165) is 17.5 Å². The number of hydrogen-bond donors (Lipinski definition) is 3. The first-order valence-corrected chi connectivity index (χ1v) is 9.96. The number of phenols is 1. The van der Waals surface area contributed by atoms with E-state index in [4.69, 9.17) is 0 Å². The van der Waals surface area contributed by atoms with Gasteiger partial charge in [0.1, 0.15) is 0 Å². The third-order valence-corrected chi connectivity index (χ3v) is 6.14. The van der Waals surface area contributed by atoms with Crippen molar-refractivity contribution in [3.63, 3.8) is 0 Å². The van der Waals surface area contributed by atoms with Gasteiger partial charge < -0.3 is 15.5 Å². The molecule has 0 bridgehead atoms. The molecule has 4 nitrogen and oxygen atoms in total. The Hall–Kier alpha value is -3.13. The van der Waals surface area contributed by atoms with Crippen LogP contribution in [0.5, 0.6) is 5.75 Å². The zero-order valence-corrected chi connectivity index (χ0v) is 17.3. The standard InChI is InChI=1S/C24H21F4NO3/c1-22(2)12-23(32,24(26,27)28)20(16-10-11-17(25)19(30)18(16)22)29-21(31)15-9-5-7-13-6-3-4-8-14(13)15/h3-11,20,30,32H,12H2,1-2H3,(H,29,31)/t20-,23-/m0/s1. The Morgan fingerprint density at radius 2 is 1.72 bits per heavy atom. The van der Waals surface area contributed by atoms with E-state index in [0.29, 0.717) is 5.39 Å². The molecule has 0 heterocycles. The van der Waals surface area contributed by atoms with Gasteiger partial charge in [0.05, 0.1) is 6.04 Å². The first kappa shape index (κ1) is 22.1. The number of nitrogens with one attached hydrogen (secondary N) is 1. The summed E-state index contributed by atoms with van der Waals surface area (Å²) in [6.45, 7) is 2.76. The van der Waals surface area contributed by atoms with Gasteiger partial charge in [-0.1, -0.05) is 56.3 Å². The molecule has 0 radical (unpaired) electrons. The lowest BCUT2D eigenvalue weighted by atomic mass is 9.63. The van der Waals surface area contributed by atoms with Crippen molar-refractivity contribution in [1.29, 1.82) is 0 Å². The van der Waals surface area contributed by atoms with Crippen LogP contribution in [0.25, 0.3) is 10.8 Å². The second kappa shape index (κ2) is 7.20. The number of carbonyl (C=O) groups excluding carboxylic acids is 1. The molecule has 168 valence electrons. The lowest BCUT2D eigenvalue weighted by Gasteiger charge is -2.48. The second-order valence-corrected chi connectivity index (χ2v) is 8.78. The Bertz CT molecular complexity index is 1220. The molecule has 1 amide bonds. The third kappa shape index (κ3) is 3.30. The van der Waals surface area contributed by atoms with Gasteiger partial charge >= 0.3 is 6.18 Å². The number of aromatic hydroxyl groups is 1. The van der Waals surface area contributed by atoms with Crippen LogP contribution in [0.4, 0.5) is 17.6 Å². The number of phenolic OH excluding ortho intramolecular Hbond substituents is 1. The zero-order valence-electron chi connectivity index (χ0n) is 17.3. The predicted molar refractivity (Wildman–Crippen MR) is 111 cm³/mol. The summed E-state index contributed by atoms with van der Waals surface area (Å²) < 4.78 is 56.6.